The quantitative estimate of drug-likeness (QED) is 0.400. The number of nitrogens with one attached hydrogen (secondary N) is 2. The molecule has 0 bridgehead atoms. The summed E-state index contributed by atoms with van der Waals surface area (Å²) < 4.78 is 65.5. The van der Waals surface area contributed by atoms with Gasteiger partial charge in [-0.05, 0) is 24.6 Å². The molecule has 0 aliphatic carbocycles. The lowest BCUT2D eigenvalue weighted by atomic mass is 10.1. The first-order valence-corrected chi connectivity index (χ1v) is 9.99. The van der Waals surface area contributed by atoms with Crippen molar-refractivity contribution in [2.24, 2.45) is 4.99 Å². The SMILES string of the molecule is CN=C(NCCOCCS(C)(=O)=O)NC(C)c1cccc(C(F)(F)F)c1. The van der Waals surface area contributed by atoms with Gasteiger partial charge in [0.1, 0.15) is 9.84 Å². The molecule has 0 amide bonds. The summed E-state index contributed by atoms with van der Waals surface area (Å²) in [6.45, 7) is 2.48. The lowest BCUT2D eigenvalue weighted by Crippen LogP contribution is -2.40. The van der Waals surface area contributed by atoms with Gasteiger partial charge >= 0.3 is 6.18 Å². The Morgan fingerprint density at radius 2 is 2.00 bits per heavy atom. The van der Waals surface area contributed by atoms with E-state index in [1.54, 1.807) is 20.0 Å². The van der Waals surface area contributed by atoms with Crippen molar-refractivity contribution < 1.29 is 26.3 Å². The molecule has 1 unspecified atom stereocenters. The van der Waals surface area contributed by atoms with Gasteiger partial charge in [0.25, 0.3) is 0 Å². The average Bonchev–Trinajstić information content (AvgIpc) is 2.55. The summed E-state index contributed by atoms with van der Waals surface area (Å²) in [6, 6.07) is 4.70. The van der Waals surface area contributed by atoms with Crippen molar-refractivity contribution in [2.75, 3.05) is 38.8 Å². The maximum Gasteiger partial charge on any atom is 0.416 e. The molecule has 0 fully saturated rings. The summed E-state index contributed by atoms with van der Waals surface area (Å²) in [4.78, 5) is 4.00. The standard InChI is InChI=1S/C16H24F3N3O3S/c1-12(13-5-4-6-14(11-13)16(17,18)19)22-15(20-2)21-7-8-25-9-10-26(3,23)24/h4-6,11-12H,7-10H2,1-3H3,(H2,20,21,22). The smallest absolute Gasteiger partial charge is 0.379 e. The molecule has 1 aromatic carbocycles. The first kappa shape index (κ1) is 22.2. The fourth-order valence-corrected chi connectivity index (χ4v) is 2.44. The zero-order valence-corrected chi connectivity index (χ0v) is 15.7. The minimum absolute atomic E-state index is 0.0491. The van der Waals surface area contributed by atoms with Crippen molar-refractivity contribution in [3.05, 3.63) is 35.4 Å². The van der Waals surface area contributed by atoms with E-state index in [1.165, 1.54) is 6.07 Å². The molecule has 0 saturated carbocycles. The molecule has 0 aliphatic heterocycles. The van der Waals surface area contributed by atoms with Crippen molar-refractivity contribution in [3.63, 3.8) is 0 Å². The molecule has 0 radical (unpaired) electrons. The van der Waals surface area contributed by atoms with Gasteiger partial charge in [-0.2, -0.15) is 13.2 Å². The zero-order chi connectivity index (χ0) is 19.8. The van der Waals surface area contributed by atoms with Crippen LogP contribution >= 0.6 is 0 Å². The van der Waals surface area contributed by atoms with Crippen molar-refractivity contribution in [1.82, 2.24) is 10.6 Å². The van der Waals surface area contributed by atoms with E-state index in [0.717, 1.165) is 18.4 Å². The van der Waals surface area contributed by atoms with E-state index in [2.05, 4.69) is 15.6 Å². The Morgan fingerprint density at radius 3 is 2.58 bits per heavy atom. The largest absolute Gasteiger partial charge is 0.416 e. The number of sulfone groups is 1. The molecular formula is C16H24F3N3O3S. The van der Waals surface area contributed by atoms with Gasteiger partial charge in [0.15, 0.2) is 5.96 Å². The molecule has 6 nitrogen and oxygen atoms in total. The number of alkyl halides is 3. The van der Waals surface area contributed by atoms with Crippen molar-refractivity contribution in [1.29, 1.82) is 0 Å². The second-order valence-electron chi connectivity index (χ2n) is 5.73. The van der Waals surface area contributed by atoms with Crippen LogP contribution in [0.3, 0.4) is 0 Å². The molecule has 0 aliphatic rings. The first-order valence-electron chi connectivity index (χ1n) is 7.92. The number of benzene rings is 1. The van der Waals surface area contributed by atoms with Crippen molar-refractivity contribution in [3.8, 4) is 0 Å². The van der Waals surface area contributed by atoms with Gasteiger partial charge in [0.05, 0.1) is 30.6 Å². The lowest BCUT2D eigenvalue weighted by Gasteiger charge is -2.19. The topological polar surface area (TPSA) is 79.8 Å². The maximum absolute atomic E-state index is 12.8. The van der Waals surface area contributed by atoms with Gasteiger partial charge in [0, 0.05) is 19.8 Å². The third kappa shape index (κ3) is 8.52. The van der Waals surface area contributed by atoms with Crippen LogP contribution in [0.25, 0.3) is 0 Å². The van der Waals surface area contributed by atoms with Crippen LogP contribution in [-0.4, -0.2) is 53.2 Å². The van der Waals surface area contributed by atoms with Gasteiger partial charge in [0.2, 0.25) is 0 Å². The fourth-order valence-electron chi connectivity index (χ4n) is 2.02. The molecule has 1 rings (SSSR count). The number of guanidine groups is 1. The minimum atomic E-state index is -4.39. The van der Waals surface area contributed by atoms with Crippen LogP contribution < -0.4 is 10.6 Å². The van der Waals surface area contributed by atoms with E-state index < -0.39 is 27.6 Å². The number of halogens is 3. The lowest BCUT2D eigenvalue weighted by molar-refractivity contribution is -0.137. The van der Waals surface area contributed by atoms with E-state index in [1.807, 2.05) is 0 Å². The number of hydrogen-bond acceptors (Lipinski definition) is 4. The van der Waals surface area contributed by atoms with Crippen LogP contribution in [0.4, 0.5) is 13.2 Å². The summed E-state index contributed by atoms with van der Waals surface area (Å²) in [5.41, 5.74) is -0.224. The van der Waals surface area contributed by atoms with Crippen LogP contribution in [0.2, 0.25) is 0 Å². The number of rotatable bonds is 8. The van der Waals surface area contributed by atoms with Crippen LogP contribution in [0.1, 0.15) is 24.1 Å². The Bertz CT molecular complexity index is 706. The number of aliphatic imine (C=N–C) groups is 1. The summed E-state index contributed by atoms with van der Waals surface area (Å²) in [5, 5.41) is 5.95. The second kappa shape index (κ2) is 9.77. The Kier molecular flexibility index (Phi) is 8.35. The van der Waals surface area contributed by atoms with E-state index in [0.29, 0.717) is 18.1 Å². The molecule has 10 heteroatoms. The highest BCUT2D eigenvalue weighted by Gasteiger charge is 2.30. The monoisotopic (exact) mass is 395 g/mol. The predicted octanol–water partition coefficient (Wildman–Crippen LogP) is 1.99. The van der Waals surface area contributed by atoms with Gasteiger partial charge in [-0.25, -0.2) is 8.42 Å². The molecule has 1 aromatic rings. The maximum atomic E-state index is 12.8. The summed E-state index contributed by atoms with van der Waals surface area (Å²) >= 11 is 0. The minimum Gasteiger partial charge on any atom is -0.379 e. The Balaban J connectivity index is 2.48. The van der Waals surface area contributed by atoms with Crippen LogP contribution in [-0.2, 0) is 20.8 Å². The summed E-state index contributed by atoms with van der Waals surface area (Å²) in [7, 11) is -1.51. The highest BCUT2D eigenvalue weighted by Crippen LogP contribution is 2.30. The third-order valence-electron chi connectivity index (χ3n) is 3.43. The van der Waals surface area contributed by atoms with Crippen molar-refractivity contribution >= 4 is 15.8 Å². The van der Waals surface area contributed by atoms with Crippen LogP contribution in [0, 0.1) is 0 Å². The van der Waals surface area contributed by atoms with Gasteiger partial charge in [-0.3, -0.25) is 4.99 Å². The molecule has 26 heavy (non-hydrogen) atoms. The van der Waals surface area contributed by atoms with Gasteiger partial charge < -0.3 is 15.4 Å². The number of hydrogen-bond donors (Lipinski definition) is 2. The highest BCUT2D eigenvalue weighted by atomic mass is 32.2. The zero-order valence-electron chi connectivity index (χ0n) is 14.9. The van der Waals surface area contributed by atoms with Gasteiger partial charge in [-0.15, -0.1) is 0 Å². The molecule has 0 saturated heterocycles. The Labute approximate surface area is 151 Å². The second-order valence-corrected chi connectivity index (χ2v) is 7.99. The summed E-state index contributed by atoms with van der Waals surface area (Å²) in [6.07, 6.45) is -3.26. The Hall–Kier alpha value is -1.81. The number of ether oxygens (including phenoxy) is 1. The van der Waals surface area contributed by atoms with Gasteiger partial charge in [-0.1, -0.05) is 12.1 Å². The number of nitrogens with zero attached hydrogens (tertiary/aromatic N) is 1. The van der Waals surface area contributed by atoms with Crippen LogP contribution in [0.5, 0.6) is 0 Å². The molecule has 0 spiro atoms. The molecule has 1 atom stereocenters. The first-order chi connectivity index (χ1) is 12.0. The molecule has 0 heterocycles. The van der Waals surface area contributed by atoms with Crippen LogP contribution in [0.15, 0.2) is 29.3 Å². The molecular weight excluding hydrogens is 371 g/mol. The fraction of sp³-hybridized carbons (Fsp3) is 0.562. The predicted molar refractivity (Wildman–Crippen MR) is 94.9 cm³/mol. The van der Waals surface area contributed by atoms with E-state index in [9.17, 15) is 21.6 Å². The third-order valence-corrected chi connectivity index (χ3v) is 4.34. The molecule has 0 aromatic heterocycles. The Morgan fingerprint density at radius 1 is 1.31 bits per heavy atom. The highest BCUT2D eigenvalue weighted by molar-refractivity contribution is 7.90. The normalized spacial score (nSPS) is 14.2. The molecule has 148 valence electrons. The van der Waals surface area contributed by atoms with E-state index in [4.69, 9.17) is 4.74 Å². The van der Waals surface area contributed by atoms with Crippen molar-refractivity contribution in [2.45, 2.75) is 19.1 Å². The summed E-state index contributed by atoms with van der Waals surface area (Å²) in [5.74, 6) is 0.355. The average molecular weight is 395 g/mol. The van der Waals surface area contributed by atoms with E-state index in [-0.39, 0.29) is 19.0 Å². The van der Waals surface area contributed by atoms with E-state index >= 15 is 0 Å². The molecule has 2 N–H and O–H groups in total.